The molecule has 6 heteroatoms. The second kappa shape index (κ2) is 5.88. The van der Waals surface area contributed by atoms with Crippen LogP contribution in [0.2, 0.25) is 0 Å². The fourth-order valence-corrected chi connectivity index (χ4v) is 3.16. The van der Waals surface area contributed by atoms with Gasteiger partial charge in [-0.05, 0) is 18.9 Å². The minimum atomic E-state index is -0.146. The van der Waals surface area contributed by atoms with Gasteiger partial charge in [0.15, 0.2) is 0 Å². The van der Waals surface area contributed by atoms with Crippen molar-refractivity contribution in [3.05, 3.63) is 40.3 Å². The van der Waals surface area contributed by atoms with Gasteiger partial charge in [0, 0.05) is 31.6 Å². The van der Waals surface area contributed by atoms with Gasteiger partial charge in [-0.3, -0.25) is 9.59 Å². The quantitative estimate of drug-likeness (QED) is 0.891. The monoisotopic (exact) mass is 300 g/mol. The minimum Gasteiger partial charge on any atom is -0.338 e. The number of rotatable bonds is 3. The summed E-state index contributed by atoms with van der Waals surface area (Å²) in [5, 5.41) is 5.64. The molecule has 0 saturated carbocycles. The van der Waals surface area contributed by atoms with E-state index in [2.05, 4.69) is 5.10 Å². The highest BCUT2D eigenvalue weighted by atomic mass is 16.2. The van der Waals surface area contributed by atoms with Gasteiger partial charge >= 0.3 is 0 Å². The first-order chi connectivity index (χ1) is 10.6. The lowest BCUT2D eigenvalue weighted by Crippen LogP contribution is -2.41. The molecule has 0 radical (unpaired) electrons. The number of hydrogen-bond acceptors (Lipinski definition) is 4. The van der Waals surface area contributed by atoms with Crippen LogP contribution in [0.5, 0.6) is 0 Å². The molecule has 0 bridgehead atoms. The Kier molecular flexibility index (Phi) is 3.94. The Morgan fingerprint density at radius 2 is 2.09 bits per heavy atom. The molecule has 1 unspecified atom stereocenters. The van der Waals surface area contributed by atoms with Gasteiger partial charge in [-0.2, -0.15) is 5.10 Å². The van der Waals surface area contributed by atoms with E-state index in [1.165, 1.54) is 4.68 Å². The first kappa shape index (κ1) is 14.7. The number of aromatic nitrogens is 2. The molecule has 2 heterocycles. The third-order valence-electron chi connectivity index (χ3n) is 4.32. The second-order valence-electron chi connectivity index (χ2n) is 5.72. The Hall–Kier alpha value is -2.21. The van der Waals surface area contributed by atoms with Crippen molar-refractivity contribution < 1.29 is 4.79 Å². The molecule has 6 nitrogen and oxygen atoms in total. The van der Waals surface area contributed by atoms with E-state index in [1.54, 1.807) is 13.1 Å². The Morgan fingerprint density at radius 3 is 2.82 bits per heavy atom. The number of likely N-dealkylation sites (tertiary alicyclic amines) is 1. The zero-order chi connectivity index (χ0) is 15.7. The van der Waals surface area contributed by atoms with Crippen LogP contribution in [0.1, 0.15) is 18.5 Å². The van der Waals surface area contributed by atoms with Crippen LogP contribution in [0.25, 0.3) is 10.8 Å². The van der Waals surface area contributed by atoms with Crippen LogP contribution in [0, 0.1) is 0 Å². The van der Waals surface area contributed by atoms with Crippen molar-refractivity contribution in [2.45, 2.75) is 25.3 Å². The van der Waals surface area contributed by atoms with Crippen LogP contribution in [0.4, 0.5) is 0 Å². The van der Waals surface area contributed by atoms with Crippen molar-refractivity contribution >= 4 is 16.7 Å². The van der Waals surface area contributed by atoms with Crippen LogP contribution < -0.4 is 11.3 Å². The number of benzene rings is 1. The molecule has 2 N–H and O–H groups in total. The van der Waals surface area contributed by atoms with Crippen LogP contribution in [-0.2, 0) is 18.3 Å². The van der Waals surface area contributed by atoms with Gasteiger partial charge in [-0.25, -0.2) is 4.68 Å². The fourth-order valence-electron chi connectivity index (χ4n) is 3.16. The number of amides is 1. The van der Waals surface area contributed by atoms with Crippen molar-refractivity contribution in [1.82, 2.24) is 14.7 Å². The van der Waals surface area contributed by atoms with E-state index in [0.29, 0.717) is 17.6 Å². The van der Waals surface area contributed by atoms with Gasteiger partial charge < -0.3 is 10.6 Å². The zero-order valence-corrected chi connectivity index (χ0v) is 12.7. The van der Waals surface area contributed by atoms with Crippen molar-refractivity contribution in [2.75, 3.05) is 13.1 Å². The van der Waals surface area contributed by atoms with Crippen LogP contribution >= 0.6 is 0 Å². The number of aryl methyl sites for hydroxylation is 1. The lowest BCUT2D eigenvalue weighted by atomic mass is 10.1. The molecule has 1 aromatic carbocycles. The van der Waals surface area contributed by atoms with Crippen molar-refractivity contribution in [3.8, 4) is 0 Å². The van der Waals surface area contributed by atoms with Crippen LogP contribution in [-0.4, -0.2) is 39.7 Å². The predicted molar refractivity (Wildman–Crippen MR) is 84.5 cm³/mol. The zero-order valence-electron chi connectivity index (χ0n) is 12.7. The van der Waals surface area contributed by atoms with Crippen molar-refractivity contribution in [2.24, 2.45) is 12.8 Å². The first-order valence-corrected chi connectivity index (χ1v) is 7.56. The Bertz CT molecular complexity index is 768. The molecule has 2 aromatic rings. The molecule has 116 valence electrons. The molecular weight excluding hydrogens is 280 g/mol. The average molecular weight is 300 g/mol. The fraction of sp³-hybridized carbons (Fsp3) is 0.438. The highest BCUT2D eigenvalue weighted by Crippen LogP contribution is 2.19. The Balaban J connectivity index is 1.96. The maximum atomic E-state index is 12.6. The molecule has 1 aromatic heterocycles. The molecule has 1 aliphatic rings. The van der Waals surface area contributed by atoms with Gasteiger partial charge in [-0.15, -0.1) is 0 Å². The molecule has 1 aliphatic heterocycles. The summed E-state index contributed by atoms with van der Waals surface area (Å²) >= 11 is 0. The normalized spacial score (nSPS) is 18.1. The summed E-state index contributed by atoms with van der Waals surface area (Å²) in [6.45, 7) is 1.25. The lowest BCUT2D eigenvalue weighted by molar-refractivity contribution is -0.131. The van der Waals surface area contributed by atoms with E-state index < -0.39 is 0 Å². The first-order valence-electron chi connectivity index (χ1n) is 7.56. The topological polar surface area (TPSA) is 81.2 Å². The Morgan fingerprint density at radius 1 is 1.36 bits per heavy atom. The van der Waals surface area contributed by atoms with Crippen LogP contribution in [0.15, 0.2) is 29.1 Å². The van der Waals surface area contributed by atoms with Gasteiger partial charge in [0.25, 0.3) is 5.56 Å². The van der Waals surface area contributed by atoms with Gasteiger partial charge in [0.05, 0.1) is 17.5 Å². The predicted octanol–water partition coefficient (Wildman–Crippen LogP) is 0.426. The van der Waals surface area contributed by atoms with Gasteiger partial charge in [-0.1, -0.05) is 18.2 Å². The summed E-state index contributed by atoms with van der Waals surface area (Å²) in [5.74, 6) is 0.0317. The molecule has 3 rings (SSSR count). The highest BCUT2D eigenvalue weighted by Gasteiger charge is 2.28. The van der Waals surface area contributed by atoms with Gasteiger partial charge in [0.2, 0.25) is 5.91 Å². The highest BCUT2D eigenvalue weighted by molar-refractivity contribution is 5.88. The number of fused-ring (bicyclic) bond motifs is 1. The summed E-state index contributed by atoms with van der Waals surface area (Å²) < 4.78 is 1.30. The molecule has 1 amide bonds. The van der Waals surface area contributed by atoms with E-state index in [1.807, 2.05) is 23.1 Å². The van der Waals surface area contributed by atoms with E-state index in [-0.39, 0.29) is 23.9 Å². The maximum Gasteiger partial charge on any atom is 0.274 e. The lowest BCUT2D eigenvalue weighted by Gasteiger charge is -2.23. The molecule has 22 heavy (non-hydrogen) atoms. The van der Waals surface area contributed by atoms with Crippen LogP contribution in [0.3, 0.4) is 0 Å². The molecule has 1 atom stereocenters. The van der Waals surface area contributed by atoms with Crippen molar-refractivity contribution in [3.63, 3.8) is 0 Å². The number of nitrogens with two attached hydrogens (primary N) is 1. The Labute approximate surface area is 128 Å². The summed E-state index contributed by atoms with van der Waals surface area (Å²) in [5.41, 5.74) is 6.23. The maximum absolute atomic E-state index is 12.6. The number of nitrogens with zero attached hydrogens (tertiary/aromatic N) is 3. The summed E-state index contributed by atoms with van der Waals surface area (Å²) in [6, 6.07) is 7.42. The van der Waals surface area contributed by atoms with E-state index >= 15 is 0 Å². The van der Waals surface area contributed by atoms with E-state index in [9.17, 15) is 9.59 Å². The second-order valence-corrected chi connectivity index (χ2v) is 5.72. The minimum absolute atomic E-state index is 0.0317. The molecule has 1 saturated heterocycles. The molecule has 0 spiro atoms. The largest absolute Gasteiger partial charge is 0.338 e. The average Bonchev–Trinajstić information content (AvgIpc) is 3.01. The third kappa shape index (κ3) is 2.50. The summed E-state index contributed by atoms with van der Waals surface area (Å²) in [6.07, 6.45) is 2.16. The molecular formula is C16H20N4O2. The van der Waals surface area contributed by atoms with Crippen molar-refractivity contribution in [1.29, 1.82) is 0 Å². The summed E-state index contributed by atoms with van der Waals surface area (Å²) in [4.78, 5) is 26.5. The number of carbonyl (C=O) groups excluding carboxylic acids is 1. The summed E-state index contributed by atoms with van der Waals surface area (Å²) in [7, 11) is 1.61. The number of carbonyl (C=O) groups is 1. The van der Waals surface area contributed by atoms with Gasteiger partial charge in [0.1, 0.15) is 0 Å². The number of hydrogen-bond donors (Lipinski definition) is 1. The molecule has 1 fully saturated rings. The van der Waals surface area contributed by atoms with E-state index in [4.69, 9.17) is 5.73 Å². The standard InChI is InChI=1S/C16H20N4O2/c1-19-16(22)13-7-3-2-6-12(13)14(18-19)9-15(21)20-8-4-5-11(20)10-17/h2-3,6-7,11H,4-5,8-10,17H2,1H3. The smallest absolute Gasteiger partial charge is 0.274 e. The third-order valence-corrected chi connectivity index (χ3v) is 4.32. The molecule has 0 aliphatic carbocycles. The SMILES string of the molecule is Cn1nc(CC(=O)N2CCCC2CN)c2ccccc2c1=O. The van der Waals surface area contributed by atoms with E-state index in [0.717, 1.165) is 24.8 Å².